The number of carbonyl (C=O) groups is 1. The van der Waals surface area contributed by atoms with Gasteiger partial charge in [-0.05, 0) is 25.8 Å². The molecule has 5 nitrogen and oxygen atoms in total. The van der Waals surface area contributed by atoms with Gasteiger partial charge in [0.05, 0.1) is 12.4 Å². The van der Waals surface area contributed by atoms with Crippen molar-refractivity contribution in [1.29, 1.82) is 0 Å². The molecule has 6 heteroatoms. The number of ether oxygens (including phenoxy) is 1. The van der Waals surface area contributed by atoms with Crippen LogP contribution in [0.2, 0.25) is 0 Å². The van der Waals surface area contributed by atoms with Gasteiger partial charge < -0.3 is 10.1 Å². The van der Waals surface area contributed by atoms with E-state index in [2.05, 4.69) is 10.1 Å². The summed E-state index contributed by atoms with van der Waals surface area (Å²) >= 11 is 0. The van der Waals surface area contributed by atoms with Gasteiger partial charge in [0.15, 0.2) is 9.84 Å². The Morgan fingerprint density at radius 3 is 2.33 bits per heavy atom. The predicted molar refractivity (Wildman–Crippen MR) is 72.2 cm³/mol. The van der Waals surface area contributed by atoms with Crippen molar-refractivity contribution in [3.05, 3.63) is 0 Å². The fourth-order valence-corrected chi connectivity index (χ4v) is 3.14. The third-order valence-corrected chi connectivity index (χ3v) is 4.08. The molecular formula is C12H25NO4S. The normalized spacial score (nSPS) is 13.6. The lowest BCUT2D eigenvalue weighted by Crippen LogP contribution is -2.41. The second-order valence-corrected chi connectivity index (χ2v) is 6.77. The lowest BCUT2D eigenvalue weighted by molar-refractivity contribution is -0.139. The van der Waals surface area contributed by atoms with Gasteiger partial charge in [-0.15, -0.1) is 0 Å². The molecular weight excluding hydrogens is 254 g/mol. The number of rotatable bonds is 9. The molecule has 1 atom stereocenters. The van der Waals surface area contributed by atoms with Crippen LogP contribution < -0.4 is 5.32 Å². The largest absolute Gasteiger partial charge is 0.465 e. The van der Waals surface area contributed by atoms with E-state index in [-0.39, 0.29) is 24.3 Å². The molecule has 0 aromatic carbocycles. The summed E-state index contributed by atoms with van der Waals surface area (Å²) in [6, 6.07) is -0.121. The van der Waals surface area contributed by atoms with Crippen LogP contribution in [0, 0.1) is 5.92 Å². The minimum atomic E-state index is -3.41. The topological polar surface area (TPSA) is 72.5 Å². The van der Waals surface area contributed by atoms with Crippen molar-refractivity contribution in [2.45, 2.75) is 40.2 Å². The predicted octanol–water partition coefficient (Wildman–Crippen LogP) is 0.988. The molecule has 0 aliphatic carbocycles. The molecule has 0 fully saturated rings. The summed E-state index contributed by atoms with van der Waals surface area (Å²) in [5.74, 6) is -1.02. The SMILES string of the molecule is CCCNC(CS(=O)(=O)CC(=O)OCC)C(C)C. The second kappa shape index (κ2) is 8.48. The molecule has 0 amide bonds. The third-order valence-electron chi connectivity index (χ3n) is 2.54. The second-order valence-electron chi connectivity index (χ2n) is 4.66. The maximum Gasteiger partial charge on any atom is 0.321 e. The zero-order valence-corrected chi connectivity index (χ0v) is 12.5. The summed E-state index contributed by atoms with van der Waals surface area (Å²) in [5.41, 5.74) is 0. The fourth-order valence-electron chi connectivity index (χ4n) is 1.53. The average Bonchev–Trinajstić information content (AvgIpc) is 2.23. The molecule has 0 rings (SSSR count). The zero-order chi connectivity index (χ0) is 14.2. The van der Waals surface area contributed by atoms with Crippen LogP contribution in [0.15, 0.2) is 0 Å². The van der Waals surface area contributed by atoms with E-state index in [1.165, 1.54) is 0 Å². The lowest BCUT2D eigenvalue weighted by Gasteiger charge is -2.21. The van der Waals surface area contributed by atoms with Crippen molar-refractivity contribution in [1.82, 2.24) is 5.32 Å². The van der Waals surface area contributed by atoms with Crippen LogP contribution in [-0.2, 0) is 19.4 Å². The molecule has 0 heterocycles. The quantitative estimate of drug-likeness (QED) is 0.637. The van der Waals surface area contributed by atoms with Gasteiger partial charge in [-0.3, -0.25) is 4.79 Å². The molecule has 0 saturated heterocycles. The number of esters is 1. The zero-order valence-electron chi connectivity index (χ0n) is 11.7. The molecule has 0 aromatic heterocycles. The Morgan fingerprint density at radius 2 is 1.89 bits per heavy atom. The highest BCUT2D eigenvalue weighted by Crippen LogP contribution is 2.06. The summed E-state index contributed by atoms with van der Waals surface area (Å²) < 4.78 is 28.4. The van der Waals surface area contributed by atoms with Crippen LogP contribution in [0.25, 0.3) is 0 Å². The Hall–Kier alpha value is -0.620. The Morgan fingerprint density at radius 1 is 1.28 bits per heavy atom. The van der Waals surface area contributed by atoms with Gasteiger partial charge in [0.25, 0.3) is 0 Å². The van der Waals surface area contributed by atoms with Gasteiger partial charge in [0.1, 0.15) is 5.75 Å². The van der Waals surface area contributed by atoms with Gasteiger partial charge in [-0.1, -0.05) is 20.8 Å². The summed E-state index contributed by atoms with van der Waals surface area (Å²) in [7, 11) is -3.41. The highest BCUT2D eigenvalue weighted by Gasteiger charge is 2.24. The summed E-state index contributed by atoms with van der Waals surface area (Å²) in [6.07, 6.45) is 0.946. The monoisotopic (exact) mass is 279 g/mol. The molecule has 0 bridgehead atoms. The molecule has 0 radical (unpaired) electrons. The van der Waals surface area contributed by atoms with Crippen LogP contribution in [-0.4, -0.2) is 45.1 Å². The smallest absolute Gasteiger partial charge is 0.321 e. The van der Waals surface area contributed by atoms with Crippen molar-refractivity contribution in [2.75, 3.05) is 24.7 Å². The van der Waals surface area contributed by atoms with Crippen LogP contribution in [0.5, 0.6) is 0 Å². The van der Waals surface area contributed by atoms with E-state index in [1.54, 1.807) is 6.92 Å². The van der Waals surface area contributed by atoms with Crippen molar-refractivity contribution >= 4 is 15.8 Å². The van der Waals surface area contributed by atoms with Crippen LogP contribution in [0.4, 0.5) is 0 Å². The highest BCUT2D eigenvalue weighted by atomic mass is 32.2. The van der Waals surface area contributed by atoms with E-state index in [4.69, 9.17) is 0 Å². The molecule has 1 unspecified atom stereocenters. The summed E-state index contributed by atoms with van der Waals surface area (Å²) in [5, 5.41) is 3.20. The first-order valence-electron chi connectivity index (χ1n) is 6.41. The maximum atomic E-state index is 11.9. The molecule has 0 saturated carbocycles. The van der Waals surface area contributed by atoms with Crippen molar-refractivity contribution < 1.29 is 17.9 Å². The van der Waals surface area contributed by atoms with Crippen LogP contribution in [0.1, 0.15) is 34.1 Å². The minimum Gasteiger partial charge on any atom is -0.465 e. The van der Waals surface area contributed by atoms with Gasteiger partial charge in [-0.25, -0.2) is 8.42 Å². The van der Waals surface area contributed by atoms with E-state index in [0.717, 1.165) is 13.0 Å². The van der Waals surface area contributed by atoms with Gasteiger partial charge in [0.2, 0.25) is 0 Å². The molecule has 0 aliphatic rings. The van der Waals surface area contributed by atoms with Gasteiger partial charge >= 0.3 is 5.97 Å². The molecule has 0 aliphatic heterocycles. The average molecular weight is 279 g/mol. The lowest BCUT2D eigenvalue weighted by atomic mass is 10.1. The first-order valence-corrected chi connectivity index (χ1v) is 8.24. The number of hydrogen-bond donors (Lipinski definition) is 1. The minimum absolute atomic E-state index is 0.0243. The molecule has 0 aromatic rings. The molecule has 1 N–H and O–H groups in total. The third kappa shape index (κ3) is 7.66. The van der Waals surface area contributed by atoms with Gasteiger partial charge in [0, 0.05) is 6.04 Å². The maximum absolute atomic E-state index is 11.9. The standard InChI is InChI=1S/C12H25NO4S/c1-5-7-13-11(10(3)4)8-18(15,16)9-12(14)17-6-2/h10-11,13H,5-9H2,1-4H3. The first-order chi connectivity index (χ1) is 8.32. The van der Waals surface area contributed by atoms with Crippen molar-refractivity contribution in [3.63, 3.8) is 0 Å². The number of sulfone groups is 1. The Balaban J connectivity index is 4.46. The van der Waals surface area contributed by atoms with Gasteiger partial charge in [-0.2, -0.15) is 0 Å². The van der Waals surface area contributed by atoms with Crippen molar-refractivity contribution in [2.24, 2.45) is 5.92 Å². The van der Waals surface area contributed by atoms with E-state index < -0.39 is 21.6 Å². The van der Waals surface area contributed by atoms with E-state index >= 15 is 0 Å². The first kappa shape index (κ1) is 17.4. The number of carbonyl (C=O) groups excluding carboxylic acids is 1. The van der Waals surface area contributed by atoms with Crippen LogP contribution >= 0.6 is 0 Å². The number of nitrogens with one attached hydrogen (secondary N) is 1. The summed E-state index contributed by atoms with van der Waals surface area (Å²) in [4.78, 5) is 11.2. The Labute approximate surface area is 110 Å². The Bertz CT molecular complexity index is 338. The molecule has 108 valence electrons. The van der Waals surface area contributed by atoms with Crippen molar-refractivity contribution in [3.8, 4) is 0 Å². The Kier molecular flexibility index (Phi) is 8.18. The fraction of sp³-hybridized carbons (Fsp3) is 0.917. The molecule has 0 spiro atoms. The van der Waals surface area contributed by atoms with Crippen LogP contribution in [0.3, 0.4) is 0 Å². The van der Waals surface area contributed by atoms with E-state index in [0.29, 0.717) is 0 Å². The highest BCUT2D eigenvalue weighted by molar-refractivity contribution is 7.92. The van der Waals surface area contributed by atoms with E-state index in [1.807, 2.05) is 20.8 Å². The summed E-state index contributed by atoms with van der Waals surface area (Å²) in [6.45, 7) is 8.59. The molecule has 18 heavy (non-hydrogen) atoms. The number of hydrogen-bond acceptors (Lipinski definition) is 5. The van der Waals surface area contributed by atoms with E-state index in [9.17, 15) is 13.2 Å².